The van der Waals surface area contributed by atoms with Gasteiger partial charge in [-0.15, -0.1) is 0 Å². The highest BCUT2D eigenvalue weighted by molar-refractivity contribution is 5.77. The number of carbonyl (C=O) groups is 1. The van der Waals surface area contributed by atoms with E-state index in [0.717, 1.165) is 11.1 Å². The predicted molar refractivity (Wildman–Crippen MR) is 82.6 cm³/mol. The maximum absolute atomic E-state index is 11.9. The van der Waals surface area contributed by atoms with E-state index in [4.69, 9.17) is 0 Å². The summed E-state index contributed by atoms with van der Waals surface area (Å²) in [5.41, 5.74) is 3.44. The summed E-state index contributed by atoms with van der Waals surface area (Å²) in [6.07, 6.45) is 3.78. The lowest BCUT2D eigenvalue weighted by Gasteiger charge is -2.15. The van der Waals surface area contributed by atoms with E-state index in [1.165, 1.54) is 5.56 Å². The number of carbonyl (C=O) groups excluding carboxylic acids is 1. The van der Waals surface area contributed by atoms with E-state index in [1.807, 2.05) is 43.5 Å². The highest BCUT2D eigenvalue weighted by Gasteiger charge is 2.08. The molecule has 21 heavy (non-hydrogen) atoms. The van der Waals surface area contributed by atoms with Crippen molar-refractivity contribution in [3.63, 3.8) is 0 Å². The monoisotopic (exact) mass is 286 g/mol. The molecule has 5 heteroatoms. The van der Waals surface area contributed by atoms with Gasteiger partial charge in [-0.05, 0) is 19.5 Å². The van der Waals surface area contributed by atoms with Crippen molar-refractivity contribution in [1.82, 2.24) is 20.0 Å². The summed E-state index contributed by atoms with van der Waals surface area (Å²) in [6, 6.07) is 8.18. The molecule has 0 aliphatic heterocycles. The highest BCUT2D eigenvalue weighted by Crippen LogP contribution is 2.03. The zero-order valence-electron chi connectivity index (χ0n) is 12.8. The van der Waals surface area contributed by atoms with Crippen LogP contribution in [0.5, 0.6) is 0 Å². The summed E-state index contributed by atoms with van der Waals surface area (Å²) in [5.74, 6) is 0.0296. The second-order valence-corrected chi connectivity index (χ2v) is 5.46. The number of hydrogen-bond donors (Lipinski definition) is 1. The topological polar surface area (TPSA) is 50.2 Å². The molecule has 0 saturated carbocycles. The zero-order chi connectivity index (χ0) is 15.2. The van der Waals surface area contributed by atoms with Gasteiger partial charge in [-0.2, -0.15) is 5.10 Å². The van der Waals surface area contributed by atoms with E-state index in [0.29, 0.717) is 19.6 Å². The lowest BCUT2D eigenvalue weighted by atomic mass is 10.1. The van der Waals surface area contributed by atoms with Gasteiger partial charge in [0.15, 0.2) is 0 Å². The third kappa shape index (κ3) is 5.04. The van der Waals surface area contributed by atoms with Crippen LogP contribution < -0.4 is 5.32 Å². The van der Waals surface area contributed by atoms with Gasteiger partial charge < -0.3 is 5.32 Å². The largest absolute Gasteiger partial charge is 0.351 e. The number of nitrogens with one attached hydrogen (secondary N) is 1. The van der Waals surface area contributed by atoms with Crippen LogP contribution in [0, 0.1) is 6.92 Å². The van der Waals surface area contributed by atoms with Gasteiger partial charge in [-0.25, -0.2) is 0 Å². The number of aromatic nitrogens is 2. The standard InChI is InChI=1S/C16H22N4O/c1-13-4-6-14(7-5-13)8-17-16(21)12-19(2)10-15-9-18-20(3)11-15/h4-7,9,11H,8,10,12H2,1-3H3,(H,17,21). The molecule has 0 bridgehead atoms. The average Bonchev–Trinajstić information content (AvgIpc) is 2.83. The number of aryl methyl sites for hydroxylation is 2. The number of likely N-dealkylation sites (N-methyl/N-ethyl adjacent to an activating group) is 1. The van der Waals surface area contributed by atoms with Crippen LogP contribution >= 0.6 is 0 Å². The predicted octanol–water partition coefficient (Wildman–Crippen LogP) is 1.48. The van der Waals surface area contributed by atoms with Crippen LogP contribution in [-0.4, -0.2) is 34.2 Å². The van der Waals surface area contributed by atoms with Gasteiger partial charge in [0, 0.05) is 31.9 Å². The lowest BCUT2D eigenvalue weighted by Crippen LogP contribution is -2.34. The van der Waals surface area contributed by atoms with Gasteiger partial charge in [-0.1, -0.05) is 29.8 Å². The number of benzene rings is 1. The summed E-state index contributed by atoms with van der Waals surface area (Å²) in [7, 11) is 3.82. The summed E-state index contributed by atoms with van der Waals surface area (Å²) in [5, 5.41) is 7.06. The Morgan fingerprint density at radius 2 is 2.00 bits per heavy atom. The van der Waals surface area contributed by atoms with Crippen molar-refractivity contribution in [2.24, 2.45) is 7.05 Å². The Morgan fingerprint density at radius 3 is 2.62 bits per heavy atom. The van der Waals surface area contributed by atoms with Crippen molar-refractivity contribution in [3.8, 4) is 0 Å². The van der Waals surface area contributed by atoms with Crippen molar-refractivity contribution < 1.29 is 4.79 Å². The van der Waals surface area contributed by atoms with Crippen LogP contribution in [0.2, 0.25) is 0 Å². The first-order chi connectivity index (χ1) is 10.0. The van der Waals surface area contributed by atoms with Gasteiger partial charge in [0.05, 0.1) is 12.7 Å². The van der Waals surface area contributed by atoms with Crippen molar-refractivity contribution in [2.45, 2.75) is 20.0 Å². The van der Waals surface area contributed by atoms with Crippen LogP contribution in [0.25, 0.3) is 0 Å². The minimum Gasteiger partial charge on any atom is -0.351 e. The molecular formula is C16H22N4O. The maximum Gasteiger partial charge on any atom is 0.234 e. The second kappa shape index (κ2) is 7.04. The number of amides is 1. The molecule has 1 aromatic heterocycles. The Balaban J connectivity index is 1.74. The molecule has 0 atom stereocenters. The van der Waals surface area contributed by atoms with Crippen LogP contribution in [0.3, 0.4) is 0 Å². The zero-order valence-corrected chi connectivity index (χ0v) is 12.8. The van der Waals surface area contributed by atoms with Crippen molar-refractivity contribution in [1.29, 1.82) is 0 Å². The summed E-state index contributed by atoms with van der Waals surface area (Å²) < 4.78 is 1.76. The van der Waals surface area contributed by atoms with Gasteiger partial charge in [0.1, 0.15) is 0 Å². The van der Waals surface area contributed by atoms with Crippen LogP contribution in [0.1, 0.15) is 16.7 Å². The molecule has 1 aromatic carbocycles. The summed E-state index contributed by atoms with van der Waals surface area (Å²) in [6.45, 7) is 3.71. The molecule has 0 aliphatic rings. The third-order valence-electron chi connectivity index (χ3n) is 3.23. The van der Waals surface area contributed by atoms with E-state index in [1.54, 1.807) is 4.68 Å². The highest BCUT2D eigenvalue weighted by atomic mass is 16.2. The molecule has 2 rings (SSSR count). The minimum atomic E-state index is 0.0296. The van der Waals surface area contributed by atoms with Crippen LogP contribution in [-0.2, 0) is 24.9 Å². The molecule has 1 N–H and O–H groups in total. The molecular weight excluding hydrogens is 264 g/mol. The maximum atomic E-state index is 11.9. The Bertz CT molecular complexity index is 589. The molecule has 0 fully saturated rings. The molecule has 0 aliphatic carbocycles. The Hall–Kier alpha value is -2.14. The number of hydrogen-bond acceptors (Lipinski definition) is 3. The Kier molecular flexibility index (Phi) is 5.11. The molecule has 1 amide bonds. The second-order valence-electron chi connectivity index (χ2n) is 5.46. The van der Waals surface area contributed by atoms with Gasteiger partial charge in [0.25, 0.3) is 0 Å². The van der Waals surface area contributed by atoms with Crippen molar-refractivity contribution in [2.75, 3.05) is 13.6 Å². The smallest absolute Gasteiger partial charge is 0.234 e. The lowest BCUT2D eigenvalue weighted by molar-refractivity contribution is -0.122. The molecule has 0 spiro atoms. The Morgan fingerprint density at radius 1 is 1.29 bits per heavy atom. The van der Waals surface area contributed by atoms with E-state index in [-0.39, 0.29) is 5.91 Å². The molecule has 112 valence electrons. The SMILES string of the molecule is Cc1ccc(CNC(=O)CN(C)Cc2cnn(C)c2)cc1. The van der Waals surface area contributed by atoms with Crippen molar-refractivity contribution >= 4 is 5.91 Å². The average molecular weight is 286 g/mol. The van der Waals surface area contributed by atoms with Gasteiger partial charge in [-0.3, -0.25) is 14.4 Å². The molecule has 0 radical (unpaired) electrons. The van der Waals surface area contributed by atoms with Gasteiger partial charge in [0.2, 0.25) is 5.91 Å². The number of nitrogens with zero attached hydrogens (tertiary/aromatic N) is 3. The minimum absolute atomic E-state index is 0.0296. The van der Waals surface area contributed by atoms with Crippen LogP contribution in [0.4, 0.5) is 0 Å². The first kappa shape index (κ1) is 15.3. The summed E-state index contributed by atoms with van der Waals surface area (Å²) in [4.78, 5) is 13.9. The summed E-state index contributed by atoms with van der Waals surface area (Å²) >= 11 is 0. The molecule has 1 heterocycles. The van der Waals surface area contributed by atoms with E-state index < -0.39 is 0 Å². The molecule has 2 aromatic rings. The molecule has 0 saturated heterocycles. The van der Waals surface area contributed by atoms with Gasteiger partial charge >= 0.3 is 0 Å². The number of rotatable bonds is 6. The van der Waals surface area contributed by atoms with Crippen LogP contribution in [0.15, 0.2) is 36.7 Å². The quantitative estimate of drug-likeness (QED) is 0.875. The third-order valence-corrected chi connectivity index (χ3v) is 3.23. The van der Waals surface area contributed by atoms with E-state index >= 15 is 0 Å². The van der Waals surface area contributed by atoms with E-state index in [2.05, 4.69) is 29.5 Å². The first-order valence-corrected chi connectivity index (χ1v) is 7.01. The van der Waals surface area contributed by atoms with E-state index in [9.17, 15) is 4.79 Å². The van der Waals surface area contributed by atoms with Crippen molar-refractivity contribution in [3.05, 3.63) is 53.3 Å². The fourth-order valence-electron chi connectivity index (χ4n) is 2.13. The normalized spacial score (nSPS) is 10.9. The fraction of sp³-hybridized carbons (Fsp3) is 0.375. The molecule has 5 nitrogen and oxygen atoms in total. The molecule has 0 unspecified atom stereocenters. The first-order valence-electron chi connectivity index (χ1n) is 7.01. The fourth-order valence-corrected chi connectivity index (χ4v) is 2.13. The Labute approximate surface area is 125 Å².